The summed E-state index contributed by atoms with van der Waals surface area (Å²) in [5, 5.41) is 9.96. The fourth-order valence-electron chi connectivity index (χ4n) is 2.05. The maximum Gasteiger partial charge on any atom is 0.161 e. The molecule has 17 heavy (non-hydrogen) atoms. The van der Waals surface area contributed by atoms with Gasteiger partial charge in [-0.3, -0.25) is 0 Å². The molecule has 0 amide bonds. The van der Waals surface area contributed by atoms with E-state index in [4.69, 9.17) is 4.74 Å². The minimum absolute atomic E-state index is 0.178. The average Bonchev–Trinajstić information content (AvgIpc) is 2.34. The molecule has 1 N–H and O–H groups in total. The monoisotopic (exact) mass is 246 g/mol. The lowest BCUT2D eigenvalue weighted by molar-refractivity contribution is 0.00573. The summed E-state index contributed by atoms with van der Waals surface area (Å²) in [7, 11) is 0. The van der Waals surface area contributed by atoms with Gasteiger partial charge in [-0.15, -0.1) is 0 Å². The Labute approximate surface area is 97.0 Å². The van der Waals surface area contributed by atoms with Gasteiger partial charge in [0.25, 0.3) is 0 Å². The first-order valence-electron chi connectivity index (χ1n) is 5.50. The smallest absolute Gasteiger partial charge is 0.161 e. The van der Waals surface area contributed by atoms with Crippen molar-refractivity contribution in [2.75, 3.05) is 13.2 Å². The van der Waals surface area contributed by atoms with Crippen molar-refractivity contribution in [3.63, 3.8) is 0 Å². The molecule has 1 heterocycles. The molecule has 0 aromatic heterocycles. The lowest BCUT2D eigenvalue weighted by atomic mass is 9.89. The van der Waals surface area contributed by atoms with Crippen LogP contribution in [0.25, 0.3) is 0 Å². The van der Waals surface area contributed by atoms with Gasteiger partial charge in [0.1, 0.15) is 5.82 Å². The molecule has 0 bridgehead atoms. The van der Waals surface area contributed by atoms with Gasteiger partial charge in [0.05, 0.1) is 6.10 Å². The van der Waals surface area contributed by atoms with E-state index >= 15 is 0 Å². The van der Waals surface area contributed by atoms with Crippen LogP contribution in [0.2, 0.25) is 0 Å². The highest BCUT2D eigenvalue weighted by Gasteiger charge is 2.26. The van der Waals surface area contributed by atoms with Crippen molar-refractivity contribution in [3.8, 4) is 0 Å². The summed E-state index contributed by atoms with van der Waals surface area (Å²) >= 11 is 0. The Bertz CT molecular complexity index is 403. The number of ether oxygens (including phenoxy) is 1. The lowest BCUT2D eigenvalue weighted by Crippen LogP contribution is -2.22. The second-order valence-electron chi connectivity index (χ2n) is 4.18. The summed E-state index contributed by atoms with van der Waals surface area (Å²) in [6, 6.07) is 1.19. The number of hydrogen-bond acceptors (Lipinski definition) is 2. The third-order valence-electron chi connectivity index (χ3n) is 3.07. The van der Waals surface area contributed by atoms with Gasteiger partial charge in [-0.1, -0.05) is 0 Å². The lowest BCUT2D eigenvalue weighted by Gasteiger charge is -2.27. The molecule has 0 aliphatic carbocycles. The molecule has 1 aromatic carbocycles. The molecule has 1 unspecified atom stereocenters. The zero-order valence-electron chi connectivity index (χ0n) is 9.13. The first-order valence-corrected chi connectivity index (χ1v) is 5.50. The summed E-state index contributed by atoms with van der Waals surface area (Å²) < 4.78 is 44.3. The molecule has 1 atom stereocenters. The number of hydrogen-bond donors (Lipinski definition) is 1. The maximum absolute atomic E-state index is 13.4. The summed E-state index contributed by atoms with van der Waals surface area (Å²) in [5.74, 6) is -3.48. The van der Waals surface area contributed by atoms with Gasteiger partial charge in [-0.05, 0) is 24.8 Å². The number of rotatable bonds is 2. The third kappa shape index (κ3) is 2.61. The summed E-state index contributed by atoms with van der Waals surface area (Å²) in [4.78, 5) is 0. The molecule has 1 aliphatic rings. The van der Waals surface area contributed by atoms with Crippen molar-refractivity contribution in [3.05, 3.63) is 35.1 Å². The van der Waals surface area contributed by atoms with Gasteiger partial charge < -0.3 is 9.84 Å². The Kier molecular flexibility index (Phi) is 3.69. The fraction of sp³-hybridized carbons (Fsp3) is 0.500. The van der Waals surface area contributed by atoms with E-state index < -0.39 is 23.6 Å². The first kappa shape index (κ1) is 12.4. The largest absolute Gasteiger partial charge is 0.388 e. The second kappa shape index (κ2) is 5.06. The molecule has 2 rings (SSSR count). The Morgan fingerprint density at radius 3 is 2.29 bits per heavy atom. The van der Waals surface area contributed by atoms with E-state index in [9.17, 15) is 18.3 Å². The van der Waals surface area contributed by atoms with Crippen LogP contribution in [0.1, 0.15) is 24.5 Å². The molecule has 94 valence electrons. The Morgan fingerprint density at radius 2 is 1.65 bits per heavy atom. The molecule has 0 saturated carbocycles. The third-order valence-corrected chi connectivity index (χ3v) is 3.07. The van der Waals surface area contributed by atoms with Gasteiger partial charge in [0, 0.05) is 24.8 Å². The zero-order valence-corrected chi connectivity index (χ0v) is 9.13. The molecular weight excluding hydrogens is 233 g/mol. The maximum atomic E-state index is 13.4. The minimum Gasteiger partial charge on any atom is -0.388 e. The van der Waals surface area contributed by atoms with E-state index in [1.807, 2.05) is 0 Å². The van der Waals surface area contributed by atoms with Crippen molar-refractivity contribution in [1.82, 2.24) is 0 Å². The van der Waals surface area contributed by atoms with Crippen molar-refractivity contribution in [2.45, 2.75) is 18.9 Å². The standard InChI is InChI=1S/C12H13F3O2/c13-9-6-11(15)10(14)5-8(9)12(16)7-1-3-17-4-2-7/h5-7,12,16H,1-4H2. The summed E-state index contributed by atoms with van der Waals surface area (Å²) in [6.45, 7) is 0.986. The van der Waals surface area contributed by atoms with Crippen LogP contribution in [0.15, 0.2) is 12.1 Å². The van der Waals surface area contributed by atoms with Crippen LogP contribution in [-0.2, 0) is 4.74 Å². The minimum atomic E-state index is -1.24. The highest BCUT2D eigenvalue weighted by Crippen LogP contribution is 2.32. The average molecular weight is 246 g/mol. The molecule has 0 radical (unpaired) electrons. The Balaban J connectivity index is 2.23. The van der Waals surface area contributed by atoms with Crippen LogP contribution in [0, 0.1) is 23.4 Å². The predicted molar refractivity (Wildman–Crippen MR) is 54.8 cm³/mol. The highest BCUT2D eigenvalue weighted by atomic mass is 19.2. The van der Waals surface area contributed by atoms with E-state index in [1.165, 1.54) is 0 Å². The molecule has 1 aromatic rings. The van der Waals surface area contributed by atoms with E-state index in [1.54, 1.807) is 0 Å². The van der Waals surface area contributed by atoms with Crippen LogP contribution >= 0.6 is 0 Å². The zero-order chi connectivity index (χ0) is 12.4. The molecule has 2 nitrogen and oxygen atoms in total. The summed E-state index contributed by atoms with van der Waals surface area (Å²) in [5.41, 5.74) is -0.184. The molecular formula is C12H13F3O2. The molecule has 1 saturated heterocycles. The van der Waals surface area contributed by atoms with E-state index in [0.717, 1.165) is 6.07 Å². The quantitative estimate of drug-likeness (QED) is 0.813. The SMILES string of the molecule is OC(c1cc(F)c(F)cc1F)C1CCOCC1. The van der Waals surface area contributed by atoms with Gasteiger partial charge in [-0.2, -0.15) is 0 Å². The fourth-order valence-corrected chi connectivity index (χ4v) is 2.05. The van der Waals surface area contributed by atoms with Gasteiger partial charge in [-0.25, -0.2) is 13.2 Å². The number of aliphatic hydroxyl groups excluding tert-OH is 1. The van der Waals surface area contributed by atoms with Gasteiger partial charge in [0.2, 0.25) is 0 Å². The number of benzene rings is 1. The van der Waals surface area contributed by atoms with E-state index in [2.05, 4.69) is 0 Å². The normalized spacial score (nSPS) is 19.3. The molecule has 0 spiro atoms. The summed E-state index contributed by atoms with van der Waals surface area (Å²) in [6.07, 6.45) is 0.0492. The van der Waals surface area contributed by atoms with Crippen LogP contribution < -0.4 is 0 Å². The van der Waals surface area contributed by atoms with Crippen molar-refractivity contribution >= 4 is 0 Å². The van der Waals surface area contributed by atoms with Crippen molar-refractivity contribution < 1.29 is 23.0 Å². The first-order chi connectivity index (χ1) is 8.09. The molecule has 5 heteroatoms. The molecule has 1 aliphatic heterocycles. The topological polar surface area (TPSA) is 29.5 Å². The van der Waals surface area contributed by atoms with Gasteiger partial charge >= 0.3 is 0 Å². The van der Waals surface area contributed by atoms with Crippen LogP contribution in [0.4, 0.5) is 13.2 Å². The van der Waals surface area contributed by atoms with Crippen molar-refractivity contribution in [2.24, 2.45) is 5.92 Å². The van der Waals surface area contributed by atoms with Gasteiger partial charge in [0.15, 0.2) is 11.6 Å². The van der Waals surface area contributed by atoms with E-state index in [-0.39, 0.29) is 11.5 Å². The Hall–Kier alpha value is -1.07. The van der Waals surface area contributed by atoms with Crippen LogP contribution in [-0.4, -0.2) is 18.3 Å². The van der Waals surface area contributed by atoms with Crippen LogP contribution in [0.5, 0.6) is 0 Å². The van der Waals surface area contributed by atoms with Crippen molar-refractivity contribution in [1.29, 1.82) is 0 Å². The predicted octanol–water partition coefficient (Wildman–Crippen LogP) is 2.56. The Morgan fingerprint density at radius 1 is 1.06 bits per heavy atom. The molecule has 1 fully saturated rings. The van der Waals surface area contributed by atoms with Crippen LogP contribution in [0.3, 0.4) is 0 Å². The highest BCUT2D eigenvalue weighted by molar-refractivity contribution is 5.22. The number of halogens is 3. The number of aliphatic hydroxyl groups is 1. The second-order valence-corrected chi connectivity index (χ2v) is 4.18. The van der Waals surface area contributed by atoms with E-state index in [0.29, 0.717) is 32.1 Å².